The summed E-state index contributed by atoms with van der Waals surface area (Å²) in [5.74, 6) is -0.847. The Labute approximate surface area is 201 Å². The molecule has 2 aromatic carbocycles. The molecule has 0 aliphatic carbocycles. The fourth-order valence-electron chi connectivity index (χ4n) is 4.22. The quantitative estimate of drug-likeness (QED) is 0.512. The van der Waals surface area contributed by atoms with Gasteiger partial charge in [-0.2, -0.15) is 15.1 Å². The van der Waals surface area contributed by atoms with Crippen LogP contribution in [-0.4, -0.2) is 31.5 Å². The van der Waals surface area contributed by atoms with E-state index in [0.29, 0.717) is 15.8 Å². The van der Waals surface area contributed by atoms with Gasteiger partial charge in [0.25, 0.3) is 5.91 Å². The van der Waals surface area contributed by atoms with Crippen molar-refractivity contribution in [3.8, 4) is 5.69 Å². The van der Waals surface area contributed by atoms with Crippen molar-refractivity contribution in [3.63, 3.8) is 0 Å². The van der Waals surface area contributed by atoms with Gasteiger partial charge in [0.15, 0.2) is 5.84 Å². The molecule has 34 heavy (non-hydrogen) atoms. The molecular formula is C26H22FN5OS. The number of hydrogen-bond acceptors (Lipinski definition) is 4. The minimum absolute atomic E-state index is 0.0315. The smallest absolute Gasteiger partial charge is 0.283 e. The van der Waals surface area contributed by atoms with Crippen LogP contribution >= 0.6 is 11.8 Å². The molecular weight excluding hydrogens is 449 g/mol. The average Bonchev–Trinajstić information content (AvgIpc) is 3.33. The van der Waals surface area contributed by atoms with E-state index in [2.05, 4.69) is 46.7 Å². The lowest BCUT2D eigenvalue weighted by Gasteiger charge is -2.20. The Kier molecular flexibility index (Phi) is 5.32. The Morgan fingerprint density at radius 1 is 1.03 bits per heavy atom. The molecule has 1 N–H and O–H groups in total. The zero-order valence-corrected chi connectivity index (χ0v) is 20.0. The van der Waals surface area contributed by atoms with E-state index < -0.39 is 5.91 Å². The molecule has 5 rings (SSSR count). The molecule has 3 heterocycles. The van der Waals surface area contributed by atoms with Crippen molar-refractivity contribution < 1.29 is 9.18 Å². The van der Waals surface area contributed by atoms with Gasteiger partial charge in [-0.15, -0.1) is 0 Å². The van der Waals surface area contributed by atoms with Crippen LogP contribution in [0.5, 0.6) is 0 Å². The number of carbonyl (C=O) groups is 1. The predicted molar refractivity (Wildman–Crippen MR) is 135 cm³/mol. The van der Waals surface area contributed by atoms with E-state index in [1.165, 1.54) is 34.5 Å². The maximum atomic E-state index is 13.3. The summed E-state index contributed by atoms with van der Waals surface area (Å²) in [6, 6.07) is 14.3. The summed E-state index contributed by atoms with van der Waals surface area (Å²) >= 11 is 1.19. The Morgan fingerprint density at radius 2 is 1.76 bits per heavy atom. The lowest BCUT2D eigenvalue weighted by atomic mass is 10.1. The molecule has 3 aromatic rings. The first-order valence-electron chi connectivity index (χ1n) is 10.8. The molecule has 1 amide bonds. The largest absolute Gasteiger partial charge is 0.318 e. The van der Waals surface area contributed by atoms with Crippen molar-refractivity contribution >= 4 is 39.8 Å². The van der Waals surface area contributed by atoms with Gasteiger partial charge in [0.1, 0.15) is 10.9 Å². The summed E-state index contributed by atoms with van der Waals surface area (Å²) in [6.07, 6.45) is 1.71. The summed E-state index contributed by atoms with van der Waals surface area (Å²) < 4.78 is 15.4. The van der Waals surface area contributed by atoms with Gasteiger partial charge < -0.3 is 4.57 Å². The summed E-state index contributed by atoms with van der Waals surface area (Å²) in [5, 5.41) is 15.4. The van der Waals surface area contributed by atoms with Gasteiger partial charge in [-0.25, -0.2) is 4.39 Å². The maximum absolute atomic E-state index is 13.3. The molecule has 0 saturated heterocycles. The highest BCUT2D eigenvalue weighted by Gasteiger charge is 2.36. The van der Waals surface area contributed by atoms with Gasteiger partial charge in [-0.1, -0.05) is 17.7 Å². The standard InChI is InChI=1S/C26H22FN5OS/c1-14-5-10-22(15(2)11-14)31-16(3)12-19(17(31)4)13-21-23(28)32-26(29-24(21)33)34-25(30-32)18-6-8-20(27)9-7-18/h5-13,28H,1-4H3. The second-order valence-electron chi connectivity index (χ2n) is 8.38. The predicted octanol–water partition coefficient (Wildman–Crippen LogP) is 5.52. The van der Waals surface area contributed by atoms with E-state index in [9.17, 15) is 9.18 Å². The molecule has 6 nitrogen and oxygen atoms in total. The lowest BCUT2D eigenvalue weighted by Crippen LogP contribution is -2.35. The van der Waals surface area contributed by atoms with Crippen molar-refractivity contribution in [2.75, 3.05) is 0 Å². The summed E-state index contributed by atoms with van der Waals surface area (Å²) in [4.78, 5) is 17.0. The Balaban J connectivity index is 1.51. The van der Waals surface area contributed by atoms with Crippen LogP contribution in [0.25, 0.3) is 11.8 Å². The molecule has 1 aromatic heterocycles. The van der Waals surface area contributed by atoms with E-state index in [4.69, 9.17) is 5.41 Å². The fraction of sp³-hybridized carbons (Fsp3) is 0.154. The summed E-state index contributed by atoms with van der Waals surface area (Å²) in [7, 11) is 0. The second-order valence-corrected chi connectivity index (χ2v) is 9.34. The van der Waals surface area contributed by atoms with Crippen LogP contribution in [0.1, 0.15) is 33.6 Å². The van der Waals surface area contributed by atoms with Crippen molar-refractivity contribution in [2.24, 2.45) is 10.1 Å². The number of hydrazone groups is 1. The van der Waals surface area contributed by atoms with E-state index in [1.807, 2.05) is 19.9 Å². The molecule has 0 saturated carbocycles. The zero-order valence-electron chi connectivity index (χ0n) is 19.2. The summed E-state index contributed by atoms with van der Waals surface area (Å²) in [5.41, 5.74) is 7.17. The van der Waals surface area contributed by atoms with Crippen LogP contribution < -0.4 is 0 Å². The molecule has 2 aliphatic rings. The van der Waals surface area contributed by atoms with Crippen LogP contribution in [0.2, 0.25) is 0 Å². The third kappa shape index (κ3) is 3.70. The minimum Gasteiger partial charge on any atom is -0.318 e. The van der Waals surface area contributed by atoms with Gasteiger partial charge in [0, 0.05) is 22.6 Å². The number of nitrogens with one attached hydrogen (secondary N) is 1. The lowest BCUT2D eigenvalue weighted by molar-refractivity contribution is -0.114. The minimum atomic E-state index is -0.476. The molecule has 0 unspecified atom stereocenters. The van der Waals surface area contributed by atoms with Crippen molar-refractivity contribution in [3.05, 3.63) is 93.6 Å². The van der Waals surface area contributed by atoms with Crippen molar-refractivity contribution in [2.45, 2.75) is 27.7 Å². The number of amides is 1. The summed E-state index contributed by atoms with van der Waals surface area (Å²) in [6.45, 7) is 8.17. The molecule has 2 aliphatic heterocycles. The van der Waals surface area contributed by atoms with E-state index in [0.717, 1.165) is 28.2 Å². The van der Waals surface area contributed by atoms with E-state index in [-0.39, 0.29) is 17.2 Å². The SMILES string of the molecule is Cc1ccc(-n2c(C)cc(C=C3C(=N)N4N=C(c5ccc(F)cc5)SC4=NC3=O)c2C)c(C)c1. The van der Waals surface area contributed by atoms with Crippen LogP contribution in [-0.2, 0) is 4.79 Å². The highest BCUT2D eigenvalue weighted by Crippen LogP contribution is 2.32. The third-order valence-electron chi connectivity index (χ3n) is 5.91. The number of fused-ring (bicyclic) bond motifs is 1. The number of halogens is 1. The number of rotatable bonds is 3. The molecule has 0 bridgehead atoms. The number of thioether (sulfide) groups is 1. The van der Waals surface area contributed by atoms with E-state index in [1.54, 1.807) is 18.2 Å². The van der Waals surface area contributed by atoms with E-state index >= 15 is 0 Å². The molecule has 0 radical (unpaired) electrons. The number of hydrogen-bond donors (Lipinski definition) is 1. The van der Waals surface area contributed by atoms with Crippen molar-refractivity contribution in [1.82, 2.24) is 9.58 Å². The number of benzene rings is 2. The Morgan fingerprint density at radius 3 is 2.47 bits per heavy atom. The zero-order chi connectivity index (χ0) is 24.1. The number of carbonyl (C=O) groups excluding carboxylic acids is 1. The molecule has 0 spiro atoms. The van der Waals surface area contributed by atoms with Crippen LogP contribution in [0.15, 0.2) is 64.2 Å². The van der Waals surface area contributed by atoms with Gasteiger partial charge >= 0.3 is 0 Å². The van der Waals surface area contributed by atoms with Crippen LogP contribution in [0.4, 0.5) is 4.39 Å². The van der Waals surface area contributed by atoms with Crippen LogP contribution in [0.3, 0.4) is 0 Å². The first kappa shape index (κ1) is 22.0. The number of nitrogens with zero attached hydrogens (tertiary/aromatic N) is 4. The highest BCUT2D eigenvalue weighted by molar-refractivity contribution is 8.27. The number of amidine groups is 2. The monoisotopic (exact) mass is 471 g/mol. The Bertz CT molecular complexity index is 1460. The molecule has 170 valence electrons. The number of aromatic nitrogens is 1. The highest BCUT2D eigenvalue weighted by atomic mass is 32.2. The van der Waals surface area contributed by atoms with Crippen LogP contribution in [0, 0.1) is 38.9 Å². The maximum Gasteiger partial charge on any atom is 0.283 e. The van der Waals surface area contributed by atoms with Gasteiger partial charge in [-0.3, -0.25) is 10.2 Å². The van der Waals surface area contributed by atoms with Crippen molar-refractivity contribution in [1.29, 1.82) is 5.41 Å². The second kappa shape index (κ2) is 8.22. The first-order valence-corrected chi connectivity index (χ1v) is 11.6. The van der Waals surface area contributed by atoms with Gasteiger partial charge in [0.2, 0.25) is 5.17 Å². The molecule has 0 fully saturated rings. The number of aliphatic imine (C=N–C) groups is 1. The normalized spacial score (nSPS) is 16.7. The van der Waals surface area contributed by atoms with Gasteiger partial charge in [0.05, 0.1) is 5.57 Å². The molecule has 0 atom stereocenters. The van der Waals surface area contributed by atoms with Gasteiger partial charge in [-0.05, 0) is 93.1 Å². The first-order chi connectivity index (χ1) is 16.2. The number of aryl methyl sites for hydroxylation is 3. The topological polar surface area (TPSA) is 73.8 Å². The molecule has 8 heteroatoms. The Hall–Kier alpha value is -3.78. The fourth-order valence-corrected chi connectivity index (χ4v) is 5.11. The third-order valence-corrected chi connectivity index (χ3v) is 6.87. The average molecular weight is 472 g/mol.